The number of anilines is 1. The Morgan fingerprint density at radius 3 is 3.11 bits per heavy atom. The van der Waals surface area contributed by atoms with Gasteiger partial charge in [-0.3, -0.25) is 0 Å². The highest BCUT2D eigenvalue weighted by molar-refractivity contribution is 7.09. The van der Waals surface area contributed by atoms with Crippen LogP contribution in [0, 0.1) is 0 Å². The predicted octanol–water partition coefficient (Wildman–Crippen LogP) is 2.12. The molecule has 0 aliphatic heterocycles. The van der Waals surface area contributed by atoms with Crippen LogP contribution in [-0.2, 0) is 6.42 Å². The highest BCUT2D eigenvalue weighted by Gasteiger charge is 2.08. The molecule has 0 bridgehead atoms. The molecule has 6 nitrogen and oxygen atoms in total. The van der Waals surface area contributed by atoms with Gasteiger partial charge in [-0.05, 0) is 11.6 Å². The Labute approximate surface area is 111 Å². The summed E-state index contributed by atoms with van der Waals surface area (Å²) in [6.45, 7) is 0.731. The topological polar surface area (TPSA) is 79.4 Å². The summed E-state index contributed by atoms with van der Waals surface area (Å²) in [6, 6.07) is 0. The average Bonchev–Trinajstić information content (AvgIpc) is 2.98. The summed E-state index contributed by atoms with van der Waals surface area (Å²) in [4.78, 5) is 19.4. The molecule has 0 aliphatic carbocycles. The van der Waals surface area contributed by atoms with Crippen molar-refractivity contribution in [2.24, 2.45) is 0 Å². The SMILES string of the molecule is Clc1nc(NCCc2nccs2)c2[nH]cnc2n1. The third kappa shape index (κ3) is 2.27. The molecular formula is C10H9ClN6S. The van der Waals surface area contributed by atoms with Gasteiger partial charge in [0.1, 0.15) is 5.52 Å². The van der Waals surface area contributed by atoms with Crippen molar-refractivity contribution in [3.63, 3.8) is 0 Å². The van der Waals surface area contributed by atoms with Crippen molar-refractivity contribution in [2.45, 2.75) is 6.42 Å². The minimum Gasteiger partial charge on any atom is -0.368 e. The third-order valence-corrected chi connectivity index (χ3v) is 3.38. The normalized spacial score (nSPS) is 10.9. The molecule has 0 radical (unpaired) electrons. The van der Waals surface area contributed by atoms with Crippen LogP contribution < -0.4 is 5.32 Å². The van der Waals surface area contributed by atoms with Crippen LogP contribution in [-0.4, -0.2) is 31.5 Å². The zero-order valence-electron chi connectivity index (χ0n) is 9.22. The van der Waals surface area contributed by atoms with Crippen LogP contribution in [0.2, 0.25) is 5.28 Å². The molecule has 0 saturated heterocycles. The van der Waals surface area contributed by atoms with E-state index in [4.69, 9.17) is 11.6 Å². The maximum atomic E-state index is 5.83. The smallest absolute Gasteiger partial charge is 0.226 e. The second kappa shape index (κ2) is 4.87. The maximum Gasteiger partial charge on any atom is 0.226 e. The summed E-state index contributed by atoms with van der Waals surface area (Å²) in [5.41, 5.74) is 1.32. The van der Waals surface area contributed by atoms with E-state index in [1.165, 1.54) is 0 Å². The van der Waals surface area contributed by atoms with Crippen molar-refractivity contribution in [2.75, 3.05) is 11.9 Å². The summed E-state index contributed by atoms with van der Waals surface area (Å²) in [6.07, 6.45) is 4.21. The number of hydrogen-bond acceptors (Lipinski definition) is 6. The summed E-state index contributed by atoms with van der Waals surface area (Å²) in [5.74, 6) is 0.666. The molecule has 3 aromatic rings. The van der Waals surface area contributed by atoms with E-state index in [1.54, 1.807) is 23.9 Å². The van der Waals surface area contributed by atoms with Crippen LogP contribution >= 0.6 is 22.9 Å². The zero-order valence-corrected chi connectivity index (χ0v) is 10.8. The number of rotatable bonds is 4. The quantitative estimate of drug-likeness (QED) is 0.716. The molecule has 0 amide bonds. The van der Waals surface area contributed by atoms with Crippen molar-refractivity contribution in [1.82, 2.24) is 24.9 Å². The van der Waals surface area contributed by atoms with Crippen LogP contribution in [0.15, 0.2) is 17.9 Å². The fourth-order valence-corrected chi connectivity index (χ4v) is 2.38. The second-order valence-corrected chi connectivity index (χ2v) is 4.86. The van der Waals surface area contributed by atoms with Gasteiger partial charge in [-0.15, -0.1) is 11.3 Å². The van der Waals surface area contributed by atoms with Crippen LogP contribution in [0.25, 0.3) is 11.2 Å². The van der Waals surface area contributed by atoms with Crippen LogP contribution in [0.5, 0.6) is 0 Å². The van der Waals surface area contributed by atoms with E-state index in [2.05, 4.69) is 30.2 Å². The summed E-state index contributed by atoms with van der Waals surface area (Å²) in [7, 11) is 0. The lowest BCUT2D eigenvalue weighted by Gasteiger charge is -2.05. The van der Waals surface area contributed by atoms with E-state index in [0.29, 0.717) is 11.5 Å². The van der Waals surface area contributed by atoms with E-state index in [0.717, 1.165) is 23.5 Å². The van der Waals surface area contributed by atoms with E-state index in [1.807, 2.05) is 5.38 Å². The van der Waals surface area contributed by atoms with Gasteiger partial charge in [0.25, 0.3) is 0 Å². The van der Waals surface area contributed by atoms with Crippen LogP contribution in [0.3, 0.4) is 0 Å². The molecule has 8 heteroatoms. The van der Waals surface area contributed by atoms with E-state index >= 15 is 0 Å². The van der Waals surface area contributed by atoms with Gasteiger partial charge in [0.15, 0.2) is 11.5 Å². The average molecular weight is 281 g/mol. The molecule has 0 aromatic carbocycles. The molecule has 3 rings (SSSR count). The van der Waals surface area contributed by atoms with Gasteiger partial charge in [-0.25, -0.2) is 9.97 Å². The maximum absolute atomic E-state index is 5.83. The number of halogens is 1. The fourth-order valence-electron chi connectivity index (χ4n) is 1.60. The minimum atomic E-state index is 0.186. The lowest BCUT2D eigenvalue weighted by Crippen LogP contribution is -2.07. The Balaban J connectivity index is 1.75. The van der Waals surface area contributed by atoms with Gasteiger partial charge >= 0.3 is 0 Å². The lowest BCUT2D eigenvalue weighted by molar-refractivity contribution is 0.986. The van der Waals surface area contributed by atoms with Crippen molar-refractivity contribution >= 4 is 39.9 Å². The van der Waals surface area contributed by atoms with Gasteiger partial charge in [0.05, 0.1) is 11.3 Å². The predicted molar refractivity (Wildman–Crippen MR) is 71.0 cm³/mol. The number of fused-ring (bicyclic) bond motifs is 1. The number of aromatic nitrogens is 5. The molecular weight excluding hydrogens is 272 g/mol. The van der Waals surface area contributed by atoms with Crippen molar-refractivity contribution < 1.29 is 0 Å². The van der Waals surface area contributed by atoms with Gasteiger partial charge in [0, 0.05) is 24.5 Å². The van der Waals surface area contributed by atoms with Crippen molar-refractivity contribution in [3.05, 3.63) is 28.2 Å². The Morgan fingerprint density at radius 2 is 2.28 bits per heavy atom. The molecule has 0 aliphatic rings. The third-order valence-electron chi connectivity index (χ3n) is 2.37. The largest absolute Gasteiger partial charge is 0.368 e. The Kier molecular flexibility index (Phi) is 3.07. The fraction of sp³-hybridized carbons (Fsp3) is 0.200. The zero-order chi connectivity index (χ0) is 12.4. The van der Waals surface area contributed by atoms with Crippen LogP contribution in [0.1, 0.15) is 5.01 Å². The Bertz CT molecular complexity index is 649. The minimum absolute atomic E-state index is 0.186. The second-order valence-electron chi connectivity index (χ2n) is 3.55. The standard InChI is InChI=1S/C10H9ClN6S/c11-10-16-8(7-9(17-10)15-5-14-7)13-2-1-6-12-3-4-18-6/h3-5H,1-2H2,(H2,13,14,15,16,17). The summed E-state index contributed by atoms with van der Waals surface area (Å²) < 4.78 is 0. The van der Waals surface area contributed by atoms with Crippen molar-refractivity contribution in [1.29, 1.82) is 0 Å². The first-order valence-corrected chi connectivity index (χ1v) is 6.57. The highest BCUT2D eigenvalue weighted by atomic mass is 35.5. The van der Waals surface area contributed by atoms with E-state index in [-0.39, 0.29) is 5.28 Å². The molecule has 0 fully saturated rings. The Hall–Kier alpha value is -1.73. The van der Waals surface area contributed by atoms with E-state index in [9.17, 15) is 0 Å². The molecule has 92 valence electrons. The monoisotopic (exact) mass is 280 g/mol. The van der Waals surface area contributed by atoms with Gasteiger partial charge < -0.3 is 10.3 Å². The first kappa shape index (κ1) is 11.4. The van der Waals surface area contributed by atoms with Crippen LogP contribution in [0.4, 0.5) is 5.82 Å². The summed E-state index contributed by atoms with van der Waals surface area (Å²) in [5, 5.41) is 6.45. The van der Waals surface area contributed by atoms with Gasteiger partial charge in [0.2, 0.25) is 5.28 Å². The number of thiazole rings is 1. The molecule has 0 spiro atoms. The number of nitrogens with one attached hydrogen (secondary N) is 2. The number of nitrogens with zero attached hydrogens (tertiary/aromatic N) is 4. The molecule has 2 N–H and O–H groups in total. The molecule has 0 unspecified atom stereocenters. The first-order chi connectivity index (χ1) is 8.83. The number of imidazole rings is 1. The van der Waals surface area contributed by atoms with Gasteiger partial charge in [-0.1, -0.05) is 0 Å². The molecule has 18 heavy (non-hydrogen) atoms. The van der Waals surface area contributed by atoms with E-state index < -0.39 is 0 Å². The highest BCUT2D eigenvalue weighted by Crippen LogP contribution is 2.18. The molecule has 0 atom stereocenters. The number of aromatic amines is 1. The van der Waals surface area contributed by atoms with Gasteiger partial charge in [-0.2, -0.15) is 9.97 Å². The Morgan fingerprint density at radius 1 is 1.33 bits per heavy atom. The summed E-state index contributed by atoms with van der Waals surface area (Å²) >= 11 is 7.47. The lowest BCUT2D eigenvalue weighted by atomic mass is 10.4. The molecule has 0 saturated carbocycles. The number of hydrogen-bond donors (Lipinski definition) is 2. The van der Waals surface area contributed by atoms with Crippen molar-refractivity contribution in [3.8, 4) is 0 Å². The molecule has 3 heterocycles. The first-order valence-electron chi connectivity index (χ1n) is 5.32. The molecule has 3 aromatic heterocycles. The number of H-pyrrole nitrogens is 1.